The molecule has 1 atom stereocenters. The number of aromatic nitrogens is 2. The summed E-state index contributed by atoms with van der Waals surface area (Å²) in [5, 5.41) is 4.20. The van der Waals surface area contributed by atoms with Crippen LogP contribution in [-0.4, -0.2) is 34.0 Å². The van der Waals surface area contributed by atoms with Crippen molar-refractivity contribution in [2.75, 3.05) is 13.1 Å². The number of rotatable bonds is 3. The molecule has 1 aromatic heterocycles. The van der Waals surface area contributed by atoms with Gasteiger partial charge in [-0.25, -0.2) is 0 Å². The summed E-state index contributed by atoms with van der Waals surface area (Å²) < 4.78 is 5.64. The van der Waals surface area contributed by atoms with Crippen LogP contribution in [0.15, 0.2) is 34.9 Å². The van der Waals surface area contributed by atoms with Gasteiger partial charge in [0.05, 0.1) is 11.0 Å². The maximum Gasteiger partial charge on any atom is 0.253 e. The first-order valence-corrected chi connectivity index (χ1v) is 9.48. The zero-order chi connectivity index (χ0) is 18.2. The predicted molar refractivity (Wildman–Crippen MR) is 97.6 cm³/mol. The zero-order valence-electron chi connectivity index (χ0n) is 15.3. The molecule has 138 valence electrons. The van der Waals surface area contributed by atoms with Crippen molar-refractivity contribution >= 4 is 5.91 Å². The van der Waals surface area contributed by atoms with Crippen LogP contribution in [0.4, 0.5) is 0 Å². The first-order chi connectivity index (χ1) is 12.5. The Labute approximate surface area is 153 Å². The molecule has 26 heavy (non-hydrogen) atoms. The number of hydrogen-bond donors (Lipinski definition) is 1. The molecule has 2 heterocycles. The molecule has 6 heteroatoms. The Bertz CT molecular complexity index is 782. The molecule has 2 N–H and O–H groups in total. The highest BCUT2D eigenvalue weighted by atomic mass is 16.5. The molecule has 1 aromatic carbocycles. The highest BCUT2D eigenvalue weighted by Gasteiger charge is 2.42. The lowest BCUT2D eigenvalue weighted by Gasteiger charge is -2.38. The van der Waals surface area contributed by atoms with Crippen LogP contribution in [0.5, 0.6) is 0 Å². The second-order valence-electron chi connectivity index (χ2n) is 8.04. The zero-order valence-corrected chi connectivity index (χ0v) is 15.3. The van der Waals surface area contributed by atoms with Crippen LogP contribution >= 0.6 is 0 Å². The van der Waals surface area contributed by atoms with E-state index in [0.29, 0.717) is 18.3 Å². The molecule has 1 unspecified atom stereocenters. The largest absolute Gasteiger partial charge is 0.339 e. The van der Waals surface area contributed by atoms with E-state index in [0.717, 1.165) is 50.6 Å². The van der Waals surface area contributed by atoms with Crippen molar-refractivity contribution in [1.82, 2.24) is 15.0 Å². The van der Waals surface area contributed by atoms with Crippen molar-refractivity contribution in [3.05, 3.63) is 47.6 Å². The van der Waals surface area contributed by atoms with Crippen LogP contribution in [0.3, 0.4) is 0 Å². The normalized spacial score (nSPS) is 25.4. The minimum absolute atomic E-state index is 0.0577. The first-order valence-electron chi connectivity index (χ1n) is 9.48. The van der Waals surface area contributed by atoms with Gasteiger partial charge >= 0.3 is 0 Å². The standard InChI is InChI=1S/C20H26N4O2/c1-19(18-22-17(23-26-18)20(21)11-5-6-12-20)10-7-13-24(14-19)16(25)15-8-3-2-4-9-15/h2-4,8-9H,5-7,10-14,21H2,1H3. The molecular formula is C20H26N4O2. The van der Waals surface area contributed by atoms with Crippen LogP contribution in [0.2, 0.25) is 0 Å². The molecule has 1 saturated heterocycles. The molecule has 0 radical (unpaired) electrons. The van der Waals surface area contributed by atoms with Crippen molar-refractivity contribution in [3.8, 4) is 0 Å². The Morgan fingerprint density at radius 1 is 1.15 bits per heavy atom. The molecule has 1 amide bonds. The lowest BCUT2D eigenvalue weighted by atomic mass is 9.81. The Balaban J connectivity index is 1.55. The molecule has 2 aliphatic rings. The number of likely N-dealkylation sites (tertiary alicyclic amines) is 1. The van der Waals surface area contributed by atoms with Gasteiger partial charge in [-0.1, -0.05) is 36.2 Å². The summed E-state index contributed by atoms with van der Waals surface area (Å²) in [6.07, 6.45) is 5.86. The van der Waals surface area contributed by atoms with E-state index in [4.69, 9.17) is 10.3 Å². The van der Waals surface area contributed by atoms with E-state index in [1.165, 1.54) is 0 Å². The van der Waals surface area contributed by atoms with E-state index < -0.39 is 5.54 Å². The van der Waals surface area contributed by atoms with Gasteiger partial charge in [0, 0.05) is 18.7 Å². The maximum absolute atomic E-state index is 12.8. The van der Waals surface area contributed by atoms with Gasteiger partial charge < -0.3 is 15.2 Å². The number of carbonyl (C=O) groups excluding carboxylic acids is 1. The van der Waals surface area contributed by atoms with Crippen molar-refractivity contribution < 1.29 is 9.32 Å². The molecule has 2 fully saturated rings. The highest BCUT2D eigenvalue weighted by Crippen LogP contribution is 2.38. The van der Waals surface area contributed by atoms with E-state index in [2.05, 4.69) is 17.1 Å². The van der Waals surface area contributed by atoms with Gasteiger partial charge in [-0.05, 0) is 44.7 Å². The lowest BCUT2D eigenvalue weighted by Crippen LogP contribution is -2.47. The number of carbonyl (C=O) groups is 1. The van der Waals surface area contributed by atoms with Gasteiger partial charge in [-0.3, -0.25) is 4.79 Å². The van der Waals surface area contributed by atoms with Gasteiger partial charge in [-0.15, -0.1) is 0 Å². The quantitative estimate of drug-likeness (QED) is 0.916. The fourth-order valence-corrected chi connectivity index (χ4v) is 4.25. The van der Waals surface area contributed by atoms with Crippen molar-refractivity contribution in [1.29, 1.82) is 0 Å². The van der Waals surface area contributed by atoms with Crippen LogP contribution < -0.4 is 5.73 Å². The fourth-order valence-electron chi connectivity index (χ4n) is 4.25. The smallest absolute Gasteiger partial charge is 0.253 e. The monoisotopic (exact) mass is 354 g/mol. The molecule has 4 rings (SSSR count). The van der Waals surface area contributed by atoms with Crippen LogP contribution in [-0.2, 0) is 11.0 Å². The minimum Gasteiger partial charge on any atom is -0.339 e. The molecule has 1 aliphatic carbocycles. The first kappa shape index (κ1) is 17.2. The Morgan fingerprint density at radius 3 is 2.62 bits per heavy atom. The molecule has 1 aliphatic heterocycles. The maximum atomic E-state index is 12.8. The van der Waals surface area contributed by atoms with Gasteiger partial charge in [0.25, 0.3) is 5.91 Å². The van der Waals surface area contributed by atoms with Gasteiger partial charge in [-0.2, -0.15) is 4.98 Å². The van der Waals surface area contributed by atoms with Crippen LogP contribution in [0, 0.1) is 0 Å². The molecule has 0 spiro atoms. The number of hydrogen-bond acceptors (Lipinski definition) is 5. The summed E-state index contributed by atoms with van der Waals surface area (Å²) in [5.74, 6) is 1.29. The van der Waals surface area contributed by atoms with E-state index in [-0.39, 0.29) is 11.3 Å². The fraction of sp³-hybridized carbons (Fsp3) is 0.550. The minimum atomic E-state index is -0.452. The number of nitrogens with two attached hydrogens (primary N) is 1. The number of piperidine rings is 1. The summed E-state index contributed by atoms with van der Waals surface area (Å²) in [7, 11) is 0. The summed E-state index contributed by atoms with van der Waals surface area (Å²) >= 11 is 0. The second-order valence-corrected chi connectivity index (χ2v) is 8.04. The number of benzene rings is 1. The SMILES string of the molecule is CC1(c2nc(C3(N)CCCC3)no2)CCCN(C(=O)c2ccccc2)C1. The summed E-state index contributed by atoms with van der Waals surface area (Å²) in [6, 6.07) is 9.42. The number of nitrogens with zero attached hydrogens (tertiary/aromatic N) is 3. The molecule has 2 aromatic rings. The van der Waals surface area contributed by atoms with Gasteiger partial charge in [0.1, 0.15) is 0 Å². The third kappa shape index (κ3) is 3.03. The molecular weight excluding hydrogens is 328 g/mol. The Hall–Kier alpha value is -2.21. The third-order valence-electron chi connectivity index (χ3n) is 5.89. The Morgan fingerprint density at radius 2 is 1.88 bits per heavy atom. The van der Waals surface area contributed by atoms with Crippen LogP contribution in [0.1, 0.15) is 67.5 Å². The highest BCUT2D eigenvalue weighted by molar-refractivity contribution is 5.94. The molecule has 6 nitrogen and oxygen atoms in total. The topological polar surface area (TPSA) is 85.2 Å². The average Bonchev–Trinajstić information content (AvgIpc) is 3.32. The Kier molecular flexibility index (Phi) is 4.31. The van der Waals surface area contributed by atoms with Gasteiger partial charge in [0.2, 0.25) is 5.89 Å². The predicted octanol–water partition coefficient (Wildman–Crippen LogP) is 2.99. The molecule has 0 bridgehead atoms. The van der Waals surface area contributed by atoms with Crippen molar-refractivity contribution in [2.24, 2.45) is 5.73 Å². The van der Waals surface area contributed by atoms with E-state index >= 15 is 0 Å². The third-order valence-corrected chi connectivity index (χ3v) is 5.89. The van der Waals surface area contributed by atoms with E-state index in [1.54, 1.807) is 0 Å². The summed E-state index contributed by atoms with van der Waals surface area (Å²) in [6.45, 7) is 3.44. The molecule has 1 saturated carbocycles. The van der Waals surface area contributed by atoms with E-state index in [9.17, 15) is 4.79 Å². The lowest BCUT2D eigenvalue weighted by molar-refractivity contribution is 0.0620. The number of amides is 1. The summed E-state index contributed by atoms with van der Waals surface area (Å²) in [5.41, 5.74) is 6.40. The average molecular weight is 354 g/mol. The van der Waals surface area contributed by atoms with Crippen molar-refractivity contribution in [2.45, 2.75) is 56.4 Å². The van der Waals surface area contributed by atoms with Gasteiger partial charge in [0.15, 0.2) is 5.82 Å². The van der Waals surface area contributed by atoms with E-state index in [1.807, 2.05) is 35.2 Å². The second kappa shape index (κ2) is 6.50. The summed E-state index contributed by atoms with van der Waals surface area (Å²) in [4.78, 5) is 19.4. The van der Waals surface area contributed by atoms with Crippen LogP contribution in [0.25, 0.3) is 0 Å². The van der Waals surface area contributed by atoms with Crippen molar-refractivity contribution in [3.63, 3.8) is 0 Å².